The van der Waals surface area contributed by atoms with Gasteiger partial charge >= 0.3 is 26.8 Å². The number of rotatable bonds is 18. The van der Waals surface area contributed by atoms with Crippen LogP contribution in [-0.4, -0.2) is 97.3 Å². The highest BCUT2D eigenvalue weighted by atomic mass is 35.5. The molecule has 0 unspecified atom stereocenters. The fourth-order valence-corrected chi connectivity index (χ4v) is 12.2. The maximum absolute atomic E-state index is 13.5. The monoisotopic (exact) mass is 1170 g/mol. The van der Waals surface area contributed by atoms with E-state index in [1.807, 2.05) is 81.4 Å². The summed E-state index contributed by atoms with van der Waals surface area (Å²) in [5.74, 6) is 0.345. The van der Waals surface area contributed by atoms with Gasteiger partial charge in [0.2, 0.25) is 17.9 Å². The molecule has 2 fully saturated rings. The molecule has 2 aliphatic carbocycles. The smallest absolute Gasteiger partial charge is 0.393 e. The van der Waals surface area contributed by atoms with Crippen molar-refractivity contribution in [2.24, 2.45) is 28.0 Å². The van der Waals surface area contributed by atoms with Crippen LogP contribution in [0.4, 0.5) is 24.8 Å². The van der Waals surface area contributed by atoms with E-state index in [1.54, 1.807) is 0 Å². The minimum Gasteiger partial charge on any atom is -0.393 e. The number of aryl methyl sites for hydroxylation is 2. The Morgan fingerprint density at radius 1 is 0.737 bits per heavy atom. The number of hydrogen-bond acceptors (Lipinski definition) is 18. The largest absolute Gasteiger partial charge is 0.446 e. The molecule has 6 aromatic rings. The maximum atomic E-state index is 13.5. The van der Waals surface area contributed by atoms with E-state index < -0.39 is 45.1 Å². The third-order valence-corrected chi connectivity index (χ3v) is 16.1. The van der Waals surface area contributed by atoms with E-state index in [0.29, 0.717) is 74.7 Å². The van der Waals surface area contributed by atoms with Gasteiger partial charge in [-0.2, -0.15) is 30.0 Å². The summed E-state index contributed by atoms with van der Waals surface area (Å²) >= 11 is 15.1. The lowest BCUT2D eigenvalue weighted by Crippen LogP contribution is -2.24. The molecule has 76 heavy (non-hydrogen) atoms. The van der Waals surface area contributed by atoms with E-state index in [-0.39, 0.29) is 48.7 Å². The highest BCUT2D eigenvalue weighted by Gasteiger charge is 2.36. The number of nitrogens with one attached hydrogen (secondary N) is 2. The van der Waals surface area contributed by atoms with Gasteiger partial charge in [-0.3, -0.25) is 22.7 Å². The van der Waals surface area contributed by atoms with Crippen molar-refractivity contribution in [2.45, 2.75) is 83.7 Å². The van der Waals surface area contributed by atoms with Crippen LogP contribution in [0.25, 0.3) is 0 Å². The number of halogens is 5. The SMILES string of the molecule is Cc1cc(Cc2cccc(Cl)c2)sc1C(=O)c1cncnc1N[C@@H]1C[C@H](COS(N)(=O)=O)[C@@H](C)C1.Cc1cc(Cc2cccc(Cl)c2)sc1C(=O)c1cncnc1N[C@@H]1C[C@H](COS(N)(=O)=O)[C@@H](O)C1.O=CC(F)(F)F. The molecule has 0 aliphatic heterocycles. The fraction of sp³-hybridized carbons (Fsp3) is 0.367. The molecular formula is C49H53Cl2F3N8O10S4. The second-order valence-electron chi connectivity index (χ2n) is 18.2. The van der Waals surface area contributed by atoms with Crippen LogP contribution in [0.3, 0.4) is 0 Å². The van der Waals surface area contributed by atoms with Gasteiger partial charge in [0.1, 0.15) is 24.3 Å². The Morgan fingerprint density at radius 2 is 1.16 bits per heavy atom. The lowest BCUT2D eigenvalue weighted by Gasteiger charge is -2.16. The Hall–Kier alpha value is -5.32. The normalized spacial score (nSPS) is 19.5. The molecule has 6 atom stereocenters. The number of aromatic nitrogens is 4. The molecule has 18 nitrogen and oxygen atoms in total. The number of hydrogen-bond donors (Lipinski definition) is 5. The predicted molar refractivity (Wildman–Crippen MR) is 283 cm³/mol. The van der Waals surface area contributed by atoms with Crippen LogP contribution in [0.2, 0.25) is 10.0 Å². The second-order valence-corrected chi connectivity index (χ2v) is 23.8. The lowest BCUT2D eigenvalue weighted by molar-refractivity contribution is -0.156. The van der Waals surface area contributed by atoms with Gasteiger partial charge in [0.25, 0.3) is 0 Å². The third-order valence-electron chi connectivity index (χ3n) is 12.2. The van der Waals surface area contributed by atoms with Crippen LogP contribution in [0.15, 0.2) is 85.7 Å². The molecule has 2 aliphatic rings. The number of nitrogens with zero attached hydrogens (tertiary/aromatic N) is 4. The minimum atomic E-state index is -4.64. The Kier molecular flexibility index (Phi) is 20.8. The zero-order valence-electron chi connectivity index (χ0n) is 40.9. The first kappa shape index (κ1) is 59.9. The van der Waals surface area contributed by atoms with Crippen LogP contribution < -0.4 is 20.9 Å². The van der Waals surface area contributed by atoms with E-state index in [9.17, 15) is 44.7 Å². The van der Waals surface area contributed by atoms with Crippen molar-refractivity contribution in [2.75, 3.05) is 23.8 Å². The van der Waals surface area contributed by atoms with Gasteiger partial charge in [0, 0.05) is 63.0 Å². The molecule has 0 spiro atoms. The van der Waals surface area contributed by atoms with Gasteiger partial charge in [-0.1, -0.05) is 54.4 Å². The number of aldehydes is 1. The first-order valence-corrected chi connectivity index (χ1v) is 28.5. The van der Waals surface area contributed by atoms with Crippen molar-refractivity contribution in [3.8, 4) is 0 Å². The average molecular weight is 1170 g/mol. The van der Waals surface area contributed by atoms with Crippen molar-refractivity contribution in [1.29, 1.82) is 0 Å². The summed E-state index contributed by atoms with van der Waals surface area (Å²) < 4.78 is 85.1. The molecule has 7 N–H and O–H groups in total. The molecule has 4 heterocycles. The summed E-state index contributed by atoms with van der Waals surface area (Å²) in [6.07, 6.45) is 2.88. The molecule has 4 aromatic heterocycles. The van der Waals surface area contributed by atoms with Crippen molar-refractivity contribution in [1.82, 2.24) is 19.9 Å². The van der Waals surface area contributed by atoms with Crippen molar-refractivity contribution in [3.05, 3.63) is 149 Å². The summed E-state index contributed by atoms with van der Waals surface area (Å²) in [7, 11) is -8.06. The fourth-order valence-electron chi connectivity index (χ4n) is 8.72. The van der Waals surface area contributed by atoms with E-state index in [1.165, 1.54) is 47.7 Å². The Balaban J connectivity index is 0.000000223. The number of thiophene rings is 2. The maximum Gasteiger partial charge on any atom is 0.446 e. The summed E-state index contributed by atoms with van der Waals surface area (Å²) in [4.78, 5) is 55.7. The molecule has 408 valence electrons. The van der Waals surface area contributed by atoms with E-state index in [4.69, 9.17) is 42.5 Å². The third kappa shape index (κ3) is 18.1. The number of alkyl halides is 3. The summed E-state index contributed by atoms with van der Waals surface area (Å²) in [5.41, 5.74) is 4.64. The van der Waals surface area contributed by atoms with Gasteiger partial charge in [0.05, 0.1) is 40.2 Å². The summed E-state index contributed by atoms with van der Waals surface area (Å²) in [5, 5.41) is 28.1. The topological polar surface area (TPSA) is 286 Å². The lowest BCUT2D eigenvalue weighted by atomic mass is 10.00. The number of carbonyl (C=O) groups excluding carboxylic acids is 3. The Bertz CT molecular complexity index is 3040. The van der Waals surface area contributed by atoms with Crippen LogP contribution in [0, 0.1) is 31.6 Å². The molecule has 2 saturated carbocycles. The number of carbonyl (C=O) groups is 3. The minimum absolute atomic E-state index is 0.0170. The highest BCUT2D eigenvalue weighted by Crippen LogP contribution is 2.36. The number of benzene rings is 2. The van der Waals surface area contributed by atoms with Gasteiger partial charge in [0.15, 0.2) is 0 Å². The van der Waals surface area contributed by atoms with Crippen LogP contribution >= 0.6 is 45.9 Å². The van der Waals surface area contributed by atoms with Crippen LogP contribution in [-0.2, 0) is 46.6 Å². The van der Waals surface area contributed by atoms with Crippen LogP contribution in [0.1, 0.15) is 95.1 Å². The first-order valence-electron chi connectivity index (χ1n) is 23.2. The average Bonchev–Trinajstić information content (AvgIpc) is 4.11. The number of ketones is 2. The Labute approximate surface area is 455 Å². The zero-order valence-corrected chi connectivity index (χ0v) is 45.6. The molecular weight excluding hydrogens is 1120 g/mol. The predicted octanol–water partition coefficient (Wildman–Crippen LogP) is 8.21. The number of anilines is 2. The van der Waals surface area contributed by atoms with Gasteiger partial charge in [-0.25, -0.2) is 30.2 Å². The van der Waals surface area contributed by atoms with E-state index in [0.717, 1.165) is 38.4 Å². The molecule has 0 bridgehead atoms. The first-order chi connectivity index (χ1) is 35.7. The second kappa shape index (κ2) is 26.4. The molecule has 0 saturated heterocycles. The zero-order chi connectivity index (χ0) is 55.5. The number of aliphatic hydroxyl groups excluding tert-OH is 1. The number of aliphatic hydroxyl groups is 1. The van der Waals surface area contributed by atoms with Gasteiger partial charge < -0.3 is 15.7 Å². The van der Waals surface area contributed by atoms with Crippen molar-refractivity contribution in [3.63, 3.8) is 0 Å². The molecule has 8 rings (SSSR count). The molecule has 27 heteroatoms. The quantitative estimate of drug-likeness (QED) is 0.0400. The highest BCUT2D eigenvalue weighted by molar-refractivity contribution is 7.84. The van der Waals surface area contributed by atoms with Crippen molar-refractivity contribution >= 4 is 96.0 Å². The van der Waals surface area contributed by atoms with Crippen LogP contribution in [0.5, 0.6) is 0 Å². The molecule has 0 radical (unpaired) electrons. The summed E-state index contributed by atoms with van der Waals surface area (Å²) in [6, 6.07) is 19.1. The summed E-state index contributed by atoms with van der Waals surface area (Å²) in [6.45, 7) is 5.69. The van der Waals surface area contributed by atoms with Crippen molar-refractivity contribution < 1.29 is 57.9 Å². The van der Waals surface area contributed by atoms with E-state index in [2.05, 4.69) is 34.8 Å². The Morgan fingerprint density at radius 3 is 1.58 bits per heavy atom. The molecule has 2 aromatic carbocycles. The standard InChI is InChI=1S/C24H27ClN4O4S2.C23H25ClN4O5S2.C2HF3O/c1-14-6-19(10-17(14)12-33-35(26,31)32)29-24-21(11-27-13-28-24)22(30)23-15(2)7-20(34-23)9-16-4-3-5-18(25)8-16;1-13-5-18(7-14-3-2-4-16(24)6-14)34-22(13)21(30)19-10-26-12-27-23(19)28-17-8-15(20(29)9-17)11-33-35(25,31)32;3-2(4,5)1-6/h3-5,7-8,11,13-14,17,19H,6,9-10,12H2,1-2H3,(H2,26,31,32)(H,27,28,29);2-6,10,12,15,17,20,29H,7-9,11H2,1H3,(H2,25,31,32)(H,26,27,28);1H/t14-,17+,19-;15-,17-,20+;/m01./s1. The number of nitrogens with two attached hydrogens (primary N) is 2. The van der Waals surface area contributed by atoms with E-state index >= 15 is 0 Å². The van der Waals surface area contributed by atoms with Gasteiger partial charge in [-0.05, 0) is 110 Å². The molecule has 0 amide bonds. The van der Waals surface area contributed by atoms with Gasteiger partial charge in [-0.15, -0.1) is 22.7 Å².